The molecule has 0 amide bonds. The first kappa shape index (κ1) is 11.2. The Labute approximate surface area is 90.1 Å². The number of nitrogens with zero attached hydrogens (tertiary/aromatic N) is 3. The minimum absolute atomic E-state index is 0.197. The summed E-state index contributed by atoms with van der Waals surface area (Å²) in [5.74, 6) is 0.766. The highest BCUT2D eigenvalue weighted by Crippen LogP contribution is 2.07. The maximum Gasteiger partial charge on any atom is 0.225 e. The van der Waals surface area contributed by atoms with Crippen molar-refractivity contribution in [2.24, 2.45) is 0 Å². The Balaban J connectivity index is 2.56. The average molecular weight is 214 g/mol. The first-order valence-corrected chi connectivity index (χ1v) is 5.18. The lowest BCUT2D eigenvalue weighted by atomic mass is 10.3. The van der Waals surface area contributed by atoms with Gasteiger partial charge in [-0.25, -0.2) is 9.97 Å². The summed E-state index contributed by atoms with van der Waals surface area (Å²) >= 11 is 5.87. The molecule has 0 fully saturated rings. The van der Waals surface area contributed by atoms with Gasteiger partial charge in [-0.2, -0.15) is 0 Å². The van der Waals surface area contributed by atoms with Crippen molar-refractivity contribution in [3.05, 3.63) is 18.0 Å². The molecule has 0 aliphatic carbocycles. The first-order valence-electron chi connectivity index (χ1n) is 4.74. The Morgan fingerprint density at radius 3 is 2.86 bits per heavy atom. The van der Waals surface area contributed by atoms with Crippen LogP contribution < -0.4 is 4.90 Å². The number of alkyl halides is 1. The van der Waals surface area contributed by atoms with Crippen molar-refractivity contribution >= 4 is 17.5 Å². The molecule has 0 aliphatic heterocycles. The lowest BCUT2D eigenvalue weighted by Crippen LogP contribution is -2.22. The van der Waals surface area contributed by atoms with Gasteiger partial charge in [-0.1, -0.05) is 0 Å². The highest BCUT2D eigenvalue weighted by atomic mass is 35.5. The summed E-state index contributed by atoms with van der Waals surface area (Å²) in [5.41, 5.74) is 0.987. The third-order valence-corrected chi connectivity index (χ3v) is 2.20. The largest absolute Gasteiger partial charge is 0.344 e. The zero-order valence-corrected chi connectivity index (χ0v) is 9.62. The average Bonchev–Trinajstić information content (AvgIpc) is 2.14. The second-order valence-electron chi connectivity index (χ2n) is 3.49. The quantitative estimate of drug-likeness (QED) is 0.719. The van der Waals surface area contributed by atoms with E-state index in [1.54, 1.807) is 6.20 Å². The summed E-state index contributed by atoms with van der Waals surface area (Å²) in [6, 6.07) is 1.89. The number of aryl methyl sites for hydroxylation is 1. The van der Waals surface area contributed by atoms with Crippen LogP contribution >= 0.6 is 11.6 Å². The SMILES string of the molecule is Cc1ccnc(N(C)CCC(C)Cl)n1. The minimum atomic E-state index is 0.197. The predicted octanol–water partition coefficient (Wildman–Crippen LogP) is 2.24. The van der Waals surface area contributed by atoms with Crippen LogP contribution in [0.4, 0.5) is 5.95 Å². The maximum absolute atomic E-state index is 5.87. The number of aromatic nitrogens is 2. The molecule has 0 aliphatic rings. The topological polar surface area (TPSA) is 29.0 Å². The zero-order valence-electron chi connectivity index (χ0n) is 8.87. The van der Waals surface area contributed by atoms with E-state index >= 15 is 0 Å². The van der Waals surface area contributed by atoms with Crippen molar-refractivity contribution in [1.29, 1.82) is 0 Å². The summed E-state index contributed by atoms with van der Waals surface area (Å²) in [5, 5.41) is 0.197. The molecule has 0 aromatic carbocycles. The van der Waals surface area contributed by atoms with Gasteiger partial charge in [0.2, 0.25) is 5.95 Å². The molecule has 0 spiro atoms. The van der Waals surface area contributed by atoms with Gasteiger partial charge in [0.1, 0.15) is 0 Å². The van der Waals surface area contributed by atoms with E-state index in [1.807, 2.05) is 31.9 Å². The van der Waals surface area contributed by atoms with Crippen molar-refractivity contribution in [3.8, 4) is 0 Å². The highest BCUT2D eigenvalue weighted by molar-refractivity contribution is 6.20. The Kier molecular flexibility index (Phi) is 4.14. The van der Waals surface area contributed by atoms with Crippen LogP contribution in [0.25, 0.3) is 0 Å². The molecule has 4 heteroatoms. The van der Waals surface area contributed by atoms with Crippen molar-refractivity contribution in [2.75, 3.05) is 18.5 Å². The molecule has 1 heterocycles. The molecule has 14 heavy (non-hydrogen) atoms. The maximum atomic E-state index is 5.87. The molecule has 78 valence electrons. The monoisotopic (exact) mass is 213 g/mol. The Morgan fingerprint density at radius 1 is 1.57 bits per heavy atom. The number of hydrogen-bond donors (Lipinski definition) is 0. The molecule has 1 unspecified atom stereocenters. The van der Waals surface area contributed by atoms with E-state index in [4.69, 9.17) is 11.6 Å². The number of anilines is 1. The van der Waals surface area contributed by atoms with E-state index in [-0.39, 0.29) is 5.38 Å². The fourth-order valence-corrected chi connectivity index (χ4v) is 1.19. The van der Waals surface area contributed by atoms with Gasteiger partial charge >= 0.3 is 0 Å². The molecule has 0 saturated carbocycles. The van der Waals surface area contributed by atoms with Gasteiger partial charge in [0.25, 0.3) is 0 Å². The lowest BCUT2D eigenvalue weighted by molar-refractivity contribution is 0.754. The summed E-state index contributed by atoms with van der Waals surface area (Å²) in [6.07, 6.45) is 2.72. The van der Waals surface area contributed by atoms with E-state index in [2.05, 4.69) is 9.97 Å². The van der Waals surface area contributed by atoms with Crippen molar-refractivity contribution in [2.45, 2.75) is 25.6 Å². The number of halogens is 1. The van der Waals surface area contributed by atoms with Crippen molar-refractivity contribution < 1.29 is 0 Å². The first-order chi connectivity index (χ1) is 6.59. The standard InChI is InChI=1S/C10H16ClN3/c1-8(11)5-7-14(3)10-12-6-4-9(2)13-10/h4,6,8H,5,7H2,1-3H3. The van der Waals surface area contributed by atoms with Gasteiger partial charge in [0, 0.05) is 30.9 Å². The van der Waals surface area contributed by atoms with E-state index in [0.29, 0.717) is 0 Å². The predicted molar refractivity (Wildman–Crippen MR) is 60.0 cm³/mol. The van der Waals surface area contributed by atoms with Crippen LogP contribution in [-0.2, 0) is 0 Å². The third kappa shape index (κ3) is 3.50. The van der Waals surface area contributed by atoms with Crippen LogP contribution in [0.15, 0.2) is 12.3 Å². The highest BCUT2D eigenvalue weighted by Gasteiger charge is 2.05. The van der Waals surface area contributed by atoms with Gasteiger partial charge < -0.3 is 4.90 Å². The molecule has 1 aromatic rings. The van der Waals surface area contributed by atoms with Gasteiger partial charge in [0.15, 0.2) is 0 Å². The van der Waals surface area contributed by atoms with Crippen molar-refractivity contribution in [3.63, 3.8) is 0 Å². The van der Waals surface area contributed by atoms with Gasteiger partial charge in [0.05, 0.1) is 0 Å². The van der Waals surface area contributed by atoms with Crippen LogP contribution in [0.1, 0.15) is 19.0 Å². The molecular formula is C10H16ClN3. The summed E-state index contributed by atoms with van der Waals surface area (Å²) in [7, 11) is 1.98. The summed E-state index contributed by atoms with van der Waals surface area (Å²) in [6.45, 7) is 4.84. The Bertz CT molecular complexity index is 288. The second kappa shape index (κ2) is 5.15. The fourth-order valence-electron chi connectivity index (χ4n) is 1.09. The number of rotatable bonds is 4. The Hall–Kier alpha value is -0.830. The smallest absolute Gasteiger partial charge is 0.225 e. The van der Waals surface area contributed by atoms with E-state index < -0.39 is 0 Å². The minimum Gasteiger partial charge on any atom is -0.344 e. The Morgan fingerprint density at radius 2 is 2.29 bits per heavy atom. The van der Waals surface area contributed by atoms with Gasteiger partial charge in [-0.05, 0) is 26.3 Å². The fraction of sp³-hybridized carbons (Fsp3) is 0.600. The molecule has 0 bridgehead atoms. The lowest BCUT2D eigenvalue weighted by Gasteiger charge is -2.17. The van der Waals surface area contributed by atoms with E-state index in [1.165, 1.54) is 0 Å². The van der Waals surface area contributed by atoms with Crippen LogP contribution in [0.3, 0.4) is 0 Å². The molecule has 3 nitrogen and oxygen atoms in total. The molecule has 1 rings (SSSR count). The van der Waals surface area contributed by atoms with Gasteiger partial charge in [-0.3, -0.25) is 0 Å². The molecular weight excluding hydrogens is 198 g/mol. The molecule has 0 N–H and O–H groups in total. The third-order valence-electron chi connectivity index (χ3n) is 1.99. The number of hydrogen-bond acceptors (Lipinski definition) is 3. The van der Waals surface area contributed by atoms with E-state index in [9.17, 15) is 0 Å². The van der Waals surface area contributed by atoms with Crippen molar-refractivity contribution in [1.82, 2.24) is 9.97 Å². The molecule has 0 radical (unpaired) electrons. The second-order valence-corrected chi connectivity index (χ2v) is 4.23. The van der Waals surface area contributed by atoms with Crippen LogP contribution in [-0.4, -0.2) is 28.9 Å². The molecule has 0 saturated heterocycles. The van der Waals surface area contributed by atoms with Crippen LogP contribution in [0.2, 0.25) is 0 Å². The zero-order chi connectivity index (χ0) is 10.6. The van der Waals surface area contributed by atoms with Gasteiger partial charge in [-0.15, -0.1) is 11.6 Å². The molecule has 1 aromatic heterocycles. The molecule has 1 atom stereocenters. The van der Waals surface area contributed by atoms with Crippen LogP contribution in [0, 0.1) is 6.92 Å². The summed E-state index contributed by atoms with van der Waals surface area (Å²) < 4.78 is 0. The summed E-state index contributed by atoms with van der Waals surface area (Å²) in [4.78, 5) is 10.5. The van der Waals surface area contributed by atoms with E-state index in [0.717, 1.165) is 24.6 Å². The van der Waals surface area contributed by atoms with Crippen LogP contribution in [0.5, 0.6) is 0 Å². The normalized spacial score (nSPS) is 12.6.